The highest BCUT2D eigenvalue weighted by atomic mass is 32.1. The molecule has 2 rings (SSSR count). The van der Waals surface area contributed by atoms with Crippen molar-refractivity contribution in [1.82, 2.24) is 10.3 Å². The first-order valence-corrected chi connectivity index (χ1v) is 9.12. The Balaban J connectivity index is 2.24. The van der Waals surface area contributed by atoms with Crippen LogP contribution in [0.1, 0.15) is 22.5 Å². The molecule has 1 aromatic carbocycles. The van der Waals surface area contributed by atoms with E-state index in [9.17, 15) is 0 Å². The maximum atomic E-state index is 5.39. The van der Waals surface area contributed by atoms with Gasteiger partial charge in [0.15, 0.2) is 17.5 Å². The quantitative estimate of drug-likeness (QED) is 0.568. The van der Waals surface area contributed by atoms with Crippen molar-refractivity contribution in [1.29, 1.82) is 0 Å². The second kappa shape index (κ2) is 9.28. The lowest BCUT2D eigenvalue weighted by Gasteiger charge is -2.16. The van der Waals surface area contributed by atoms with Crippen molar-refractivity contribution in [2.24, 2.45) is 4.99 Å². The largest absolute Gasteiger partial charge is 0.493 e. The number of ether oxygens (including phenoxy) is 3. The zero-order chi connectivity index (χ0) is 19.1. The van der Waals surface area contributed by atoms with Crippen LogP contribution in [0.15, 0.2) is 17.1 Å². The minimum atomic E-state index is 0.513. The zero-order valence-electron chi connectivity index (χ0n) is 16.1. The summed E-state index contributed by atoms with van der Waals surface area (Å²) in [7, 11) is 4.76. The van der Waals surface area contributed by atoms with E-state index in [0.717, 1.165) is 22.9 Å². The van der Waals surface area contributed by atoms with Crippen LogP contribution in [0, 0.1) is 13.8 Å². The molecule has 0 radical (unpaired) electrons. The van der Waals surface area contributed by atoms with Gasteiger partial charge in [0, 0.05) is 29.2 Å². The van der Waals surface area contributed by atoms with E-state index in [1.807, 2.05) is 26.0 Å². The van der Waals surface area contributed by atoms with Crippen molar-refractivity contribution >= 4 is 23.0 Å². The van der Waals surface area contributed by atoms with Gasteiger partial charge in [-0.05, 0) is 20.8 Å². The lowest BCUT2D eigenvalue weighted by Crippen LogP contribution is -2.30. The fourth-order valence-corrected chi connectivity index (χ4v) is 3.21. The minimum Gasteiger partial charge on any atom is -0.493 e. The average Bonchev–Trinajstić information content (AvgIpc) is 2.96. The number of aryl methyl sites for hydroxylation is 2. The second-order valence-electron chi connectivity index (χ2n) is 5.48. The first kappa shape index (κ1) is 19.8. The number of hydrogen-bond donors (Lipinski definition) is 2. The van der Waals surface area contributed by atoms with Crippen LogP contribution >= 0.6 is 11.3 Å². The first-order chi connectivity index (χ1) is 12.5. The predicted octanol–water partition coefficient (Wildman–Crippen LogP) is 3.36. The van der Waals surface area contributed by atoms with Gasteiger partial charge in [0.1, 0.15) is 5.01 Å². The molecular weight excluding hydrogens is 352 g/mol. The average molecular weight is 378 g/mol. The zero-order valence-corrected chi connectivity index (χ0v) is 16.9. The van der Waals surface area contributed by atoms with Crippen LogP contribution in [-0.4, -0.2) is 38.8 Å². The summed E-state index contributed by atoms with van der Waals surface area (Å²) < 4.78 is 16.1. The molecular formula is C18H26N4O3S. The maximum Gasteiger partial charge on any atom is 0.203 e. The van der Waals surface area contributed by atoms with Crippen molar-refractivity contribution in [3.63, 3.8) is 0 Å². The van der Waals surface area contributed by atoms with Crippen LogP contribution < -0.4 is 24.8 Å². The molecule has 26 heavy (non-hydrogen) atoms. The fraction of sp³-hybridized carbons (Fsp3) is 0.444. The van der Waals surface area contributed by atoms with Crippen LogP contribution in [-0.2, 0) is 6.54 Å². The third-order valence-electron chi connectivity index (χ3n) is 3.72. The van der Waals surface area contributed by atoms with E-state index in [1.54, 1.807) is 32.7 Å². The highest BCUT2D eigenvalue weighted by Gasteiger charge is 2.14. The molecule has 1 heterocycles. The third kappa shape index (κ3) is 4.78. The van der Waals surface area contributed by atoms with E-state index >= 15 is 0 Å². The van der Waals surface area contributed by atoms with Gasteiger partial charge in [-0.3, -0.25) is 0 Å². The minimum absolute atomic E-state index is 0.513. The standard InChI is InChI=1S/C18H26N4O3S/c1-7-19-18(20-10-16-21-11(2)12(3)26-16)22-13-8-14(23-4)17(25-6)15(9-13)24-5/h8-9H,7,10H2,1-6H3,(H2,19,20,22). The number of nitrogens with zero attached hydrogens (tertiary/aromatic N) is 2. The van der Waals surface area contributed by atoms with E-state index < -0.39 is 0 Å². The number of anilines is 1. The van der Waals surface area contributed by atoms with Crippen molar-refractivity contribution < 1.29 is 14.2 Å². The number of hydrogen-bond acceptors (Lipinski definition) is 6. The van der Waals surface area contributed by atoms with Gasteiger partial charge in [-0.2, -0.15) is 0 Å². The van der Waals surface area contributed by atoms with Gasteiger partial charge >= 0.3 is 0 Å². The Kier molecular flexibility index (Phi) is 7.08. The lowest BCUT2D eigenvalue weighted by atomic mass is 10.2. The van der Waals surface area contributed by atoms with Gasteiger partial charge in [0.2, 0.25) is 5.75 Å². The Labute approximate surface area is 158 Å². The summed E-state index contributed by atoms with van der Waals surface area (Å²) in [4.78, 5) is 10.4. The molecule has 2 aromatic rings. The summed E-state index contributed by atoms with van der Waals surface area (Å²) in [6.45, 7) is 7.35. The van der Waals surface area contributed by atoms with Crippen molar-refractivity contribution in [2.45, 2.75) is 27.3 Å². The highest BCUT2D eigenvalue weighted by molar-refractivity contribution is 7.11. The van der Waals surface area contributed by atoms with E-state index in [-0.39, 0.29) is 0 Å². The van der Waals surface area contributed by atoms with E-state index in [0.29, 0.717) is 29.8 Å². The number of methoxy groups -OCH3 is 3. The maximum absolute atomic E-state index is 5.39. The van der Waals surface area contributed by atoms with Crippen LogP contribution in [0.25, 0.3) is 0 Å². The van der Waals surface area contributed by atoms with Crippen molar-refractivity contribution in [3.8, 4) is 17.2 Å². The third-order valence-corrected chi connectivity index (χ3v) is 4.77. The Morgan fingerprint density at radius 1 is 1.12 bits per heavy atom. The molecule has 0 unspecified atom stereocenters. The number of aromatic nitrogens is 1. The van der Waals surface area contributed by atoms with Crippen LogP contribution in [0.2, 0.25) is 0 Å². The molecule has 1 aromatic heterocycles. The van der Waals surface area contributed by atoms with Crippen molar-refractivity contribution in [3.05, 3.63) is 27.7 Å². The van der Waals surface area contributed by atoms with Gasteiger partial charge in [-0.25, -0.2) is 9.98 Å². The lowest BCUT2D eigenvalue weighted by molar-refractivity contribution is 0.324. The molecule has 0 amide bonds. The van der Waals surface area contributed by atoms with Gasteiger partial charge in [0.05, 0.1) is 33.6 Å². The van der Waals surface area contributed by atoms with Crippen LogP contribution in [0.4, 0.5) is 5.69 Å². The second-order valence-corrected chi connectivity index (χ2v) is 6.77. The van der Waals surface area contributed by atoms with Gasteiger partial charge in [0.25, 0.3) is 0 Å². The van der Waals surface area contributed by atoms with E-state index in [4.69, 9.17) is 14.2 Å². The number of thiazole rings is 1. The van der Waals surface area contributed by atoms with Crippen molar-refractivity contribution in [2.75, 3.05) is 33.2 Å². The summed E-state index contributed by atoms with van der Waals surface area (Å²) in [5.41, 5.74) is 1.84. The highest BCUT2D eigenvalue weighted by Crippen LogP contribution is 2.39. The molecule has 0 bridgehead atoms. The molecule has 0 atom stereocenters. The normalized spacial score (nSPS) is 11.2. The summed E-state index contributed by atoms with van der Waals surface area (Å²) in [6.07, 6.45) is 0. The molecule has 0 aliphatic carbocycles. The Morgan fingerprint density at radius 2 is 1.77 bits per heavy atom. The molecule has 142 valence electrons. The molecule has 0 fully saturated rings. The number of rotatable bonds is 7. The van der Waals surface area contributed by atoms with Crippen LogP contribution in [0.5, 0.6) is 17.2 Å². The van der Waals surface area contributed by atoms with Gasteiger partial charge in [-0.1, -0.05) is 0 Å². The molecule has 0 saturated carbocycles. The predicted molar refractivity (Wildman–Crippen MR) is 106 cm³/mol. The number of aliphatic imine (C=N–C) groups is 1. The molecule has 2 N–H and O–H groups in total. The molecule has 0 spiro atoms. The number of nitrogens with one attached hydrogen (secondary N) is 2. The monoisotopic (exact) mass is 378 g/mol. The molecule has 0 aliphatic heterocycles. The first-order valence-electron chi connectivity index (χ1n) is 8.30. The van der Waals surface area contributed by atoms with Gasteiger partial charge in [-0.15, -0.1) is 11.3 Å². The molecule has 0 aliphatic rings. The van der Waals surface area contributed by atoms with E-state index in [2.05, 4.69) is 27.5 Å². The summed E-state index contributed by atoms with van der Waals surface area (Å²) in [5.74, 6) is 2.37. The summed E-state index contributed by atoms with van der Waals surface area (Å²) in [5, 5.41) is 7.49. The Hall–Kier alpha value is -2.48. The number of guanidine groups is 1. The molecule has 8 heteroatoms. The Morgan fingerprint density at radius 3 is 2.23 bits per heavy atom. The summed E-state index contributed by atoms with van der Waals surface area (Å²) in [6, 6.07) is 3.68. The smallest absolute Gasteiger partial charge is 0.203 e. The van der Waals surface area contributed by atoms with E-state index in [1.165, 1.54) is 4.88 Å². The fourth-order valence-electron chi connectivity index (χ4n) is 2.35. The van der Waals surface area contributed by atoms with Crippen LogP contribution in [0.3, 0.4) is 0 Å². The molecule has 0 saturated heterocycles. The molecule has 7 nitrogen and oxygen atoms in total. The Bertz CT molecular complexity index is 729. The van der Waals surface area contributed by atoms with Gasteiger partial charge < -0.3 is 24.8 Å². The summed E-state index contributed by atoms with van der Waals surface area (Å²) >= 11 is 1.67. The topological polar surface area (TPSA) is 77.0 Å². The SMILES string of the molecule is CCNC(=NCc1nc(C)c(C)s1)Nc1cc(OC)c(OC)c(OC)c1. The number of benzene rings is 1.